The van der Waals surface area contributed by atoms with Gasteiger partial charge >= 0.3 is 0 Å². The van der Waals surface area contributed by atoms with Crippen molar-refractivity contribution in [1.82, 2.24) is 5.32 Å². The Kier molecular flexibility index (Phi) is 3.27. The van der Waals surface area contributed by atoms with Crippen LogP contribution in [0.15, 0.2) is 16.5 Å². The van der Waals surface area contributed by atoms with E-state index in [1.165, 1.54) is 6.07 Å². The highest BCUT2D eigenvalue weighted by molar-refractivity contribution is 5.84. The number of halogens is 2. The molecule has 1 saturated carbocycles. The Morgan fingerprint density at radius 1 is 1.26 bits per heavy atom. The second-order valence-corrected chi connectivity index (χ2v) is 5.12. The van der Waals surface area contributed by atoms with Crippen LogP contribution in [0.3, 0.4) is 0 Å². The van der Waals surface area contributed by atoms with E-state index in [1.54, 1.807) is 0 Å². The van der Waals surface area contributed by atoms with E-state index in [0.29, 0.717) is 23.6 Å². The summed E-state index contributed by atoms with van der Waals surface area (Å²) in [6, 6.07) is 2.31. The number of hydrogen-bond donors (Lipinski definition) is 1. The molecule has 2 nitrogen and oxygen atoms in total. The van der Waals surface area contributed by atoms with Crippen molar-refractivity contribution in [2.24, 2.45) is 0 Å². The van der Waals surface area contributed by atoms with E-state index in [4.69, 9.17) is 4.42 Å². The fourth-order valence-corrected chi connectivity index (χ4v) is 2.52. The molecule has 1 heterocycles. The molecule has 0 unspecified atom stereocenters. The normalized spacial score (nSPS) is 15.3. The quantitative estimate of drug-likeness (QED) is 0.824. The largest absolute Gasteiger partial charge is 0.456 e. The van der Waals surface area contributed by atoms with Gasteiger partial charge in [-0.1, -0.05) is 6.92 Å². The highest BCUT2D eigenvalue weighted by atomic mass is 19.1. The van der Waals surface area contributed by atoms with Crippen molar-refractivity contribution in [1.29, 1.82) is 0 Å². The molecule has 1 fully saturated rings. The molecule has 3 rings (SSSR count). The minimum Gasteiger partial charge on any atom is -0.456 e. The van der Waals surface area contributed by atoms with Crippen LogP contribution in [0.25, 0.3) is 11.0 Å². The topological polar surface area (TPSA) is 25.2 Å². The van der Waals surface area contributed by atoms with Gasteiger partial charge in [-0.05, 0) is 43.9 Å². The zero-order chi connectivity index (χ0) is 13.4. The van der Waals surface area contributed by atoms with Gasteiger partial charge in [-0.3, -0.25) is 0 Å². The van der Waals surface area contributed by atoms with Crippen molar-refractivity contribution in [2.45, 2.75) is 38.6 Å². The highest BCUT2D eigenvalue weighted by Crippen LogP contribution is 2.47. The van der Waals surface area contributed by atoms with Crippen molar-refractivity contribution in [2.75, 3.05) is 6.54 Å². The molecule has 0 saturated heterocycles. The molecule has 1 aliphatic carbocycles. The van der Waals surface area contributed by atoms with Gasteiger partial charge in [-0.15, -0.1) is 0 Å². The van der Waals surface area contributed by atoms with Gasteiger partial charge in [0.25, 0.3) is 0 Å². The number of rotatable bonds is 5. The first-order valence-corrected chi connectivity index (χ1v) is 6.82. The van der Waals surface area contributed by atoms with Crippen molar-refractivity contribution in [3.8, 4) is 0 Å². The summed E-state index contributed by atoms with van der Waals surface area (Å²) in [6.45, 7) is 3.48. The fraction of sp³-hybridized carbons (Fsp3) is 0.467. The molecule has 2 aromatic rings. The molecule has 1 aromatic carbocycles. The van der Waals surface area contributed by atoms with Crippen LogP contribution in [-0.4, -0.2) is 6.54 Å². The average Bonchev–Trinajstić information content (AvgIpc) is 3.16. The van der Waals surface area contributed by atoms with Gasteiger partial charge in [0, 0.05) is 5.56 Å². The van der Waals surface area contributed by atoms with Crippen LogP contribution in [0.5, 0.6) is 0 Å². The molecule has 0 amide bonds. The molecule has 1 N–H and O–H groups in total. The number of hydrogen-bond acceptors (Lipinski definition) is 2. The van der Waals surface area contributed by atoms with Gasteiger partial charge in [0.15, 0.2) is 11.4 Å². The van der Waals surface area contributed by atoms with Crippen LogP contribution in [0.1, 0.15) is 43.4 Å². The van der Waals surface area contributed by atoms with E-state index < -0.39 is 5.82 Å². The van der Waals surface area contributed by atoms with E-state index in [1.807, 2.05) is 0 Å². The first-order chi connectivity index (χ1) is 9.22. The summed E-state index contributed by atoms with van der Waals surface area (Å²) in [4.78, 5) is 0. The summed E-state index contributed by atoms with van der Waals surface area (Å²) in [7, 11) is 0. The summed E-state index contributed by atoms with van der Waals surface area (Å²) < 4.78 is 33.3. The average molecular weight is 265 g/mol. The predicted molar refractivity (Wildman–Crippen MR) is 70.1 cm³/mol. The van der Waals surface area contributed by atoms with Crippen LogP contribution >= 0.6 is 0 Å². The molecule has 1 aromatic heterocycles. The molecule has 0 radical (unpaired) electrons. The summed E-state index contributed by atoms with van der Waals surface area (Å²) in [5.74, 6) is 0.148. The molecular formula is C15H17F2NO. The van der Waals surface area contributed by atoms with Gasteiger partial charge in [-0.2, -0.15) is 0 Å². The Balaban J connectivity index is 2.08. The molecule has 0 atom stereocenters. The van der Waals surface area contributed by atoms with Crippen molar-refractivity contribution in [3.63, 3.8) is 0 Å². The Morgan fingerprint density at radius 2 is 2.00 bits per heavy atom. The molecule has 0 spiro atoms. The van der Waals surface area contributed by atoms with Gasteiger partial charge < -0.3 is 9.73 Å². The second-order valence-electron chi connectivity index (χ2n) is 5.12. The molecule has 1 aliphatic rings. The lowest BCUT2D eigenvalue weighted by atomic mass is 10.1. The Bertz CT molecular complexity index is 602. The third-order valence-electron chi connectivity index (χ3n) is 3.55. The molecule has 19 heavy (non-hydrogen) atoms. The maximum absolute atomic E-state index is 14.0. The predicted octanol–water partition coefficient (Wildman–Crippen LogP) is 4.09. The highest BCUT2D eigenvalue weighted by Gasteiger charge is 2.32. The van der Waals surface area contributed by atoms with Crippen LogP contribution in [0.2, 0.25) is 0 Å². The molecule has 0 bridgehead atoms. The summed E-state index contributed by atoms with van der Waals surface area (Å²) in [6.07, 6.45) is 3.08. The SMILES string of the molecule is CCCNCc1oc2c(F)ccc(F)c2c1C1CC1. The van der Waals surface area contributed by atoms with Crippen LogP contribution in [0.4, 0.5) is 8.78 Å². The zero-order valence-corrected chi connectivity index (χ0v) is 10.9. The summed E-state index contributed by atoms with van der Waals surface area (Å²) >= 11 is 0. The minimum atomic E-state index is -0.486. The van der Waals surface area contributed by atoms with E-state index >= 15 is 0 Å². The molecule has 0 aliphatic heterocycles. The van der Waals surface area contributed by atoms with E-state index in [-0.39, 0.29) is 11.4 Å². The molecular weight excluding hydrogens is 248 g/mol. The monoisotopic (exact) mass is 265 g/mol. The van der Waals surface area contributed by atoms with Crippen LogP contribution in [-0.2, 0) is 6.54 Å². The Labute approximate surface area is 110 Å². The fourth-order valence-electron chi connectivity index (χ4n) is 2.52. The number of benzene rings is 1. The zero-order valence-electron chi connectivity index (χ0n) is 10.9. The summed E-state index contributed by atoms with van der Waals surface area (Å²) in [5.41, 5.74) is 0.936. The lowest BCUT2D eigenvalue weighted by Crippen LogP contribution is -2.14. The number of fused-ring (bicyclic) bond motifs is 1. The van der Waals surface area contributed by atoms with Gasteiger partial charge in [-0.25, -0.2) is 8.78 Å². The summed E-state index contributed by atoms with van der Waals surface area (Å²) in [5, 5.41) is 3.58. The standard InChI is InChI=1S/C15H17F2NO/c1-2-7-18-8-12-13(9-3-4-9)14-10(16)5-6-11(17)15(14)19-12/h5-6,9,18H,2-4,7-8H2,1H3. The van der Waals surface area contributed by atoms with Crippen molar-refractivity contribution in [3.05, 3.63) is 35.1 Å². The lowest BCUT2D eigenvalue weighted by molar-refractivity contribution is 0.489. The third-order valence-corrected chi connectivity index (χ3v) is 3.55. The van der Waals surface area contributed by atoms with Gasteiger partial charge in [0.2, 0.25) is 0 Å². The maximum atomic E-state index is 14.0. The first kappa shape index (κ1) is 12.6. The Hall–Kier alpha value is -1.42. The van der Waals surface area contributed by atoms with Crippen molar-refractivity contribution >= 4 is 11.0 Å². The minimum absolute atomic E-state index is 0.0650. The maximum Gasteiger partial charge on any atom is 0.173 e. The van der Waals surface area contributed by atoms with Gasteiger partial charge in [0.05, 0.1) is 11.9 Å². The van der Waals surface area contributed by atoms with E-state index in [9.17, 15) is 8.78 Å². The first-order valence-electron chi connectivity index (χ1n) is 6.82. The lowest BCUT2D eigenvalue weighted by Gasteiger charge is -2.03. The second kappa shape index (κ2) is 4.93. The van der Waals surface area contributed by atoms with Crippen LogP contribution in [0, 0.1) is 11.6 Å². The smallest absolute Gasteiger partial charge is 0.173 e. The van der Waals surface area contributed by atoms with Gasteiger partial charge in [0.1, 0.15) is 11.6 Å². The third kappa shape index (κ3) is 2.25. The van der Waals surface area contributed by atoms with Crippen molar-refractivity contribution < 1.29 is 13.2 Å². The number of furan rings is 1. The van der Waals surface area contributed by atoms with E-state index in [2.05, 4.69) is 12.2 Å². The number of nitrogens with one attached hydrogen (secondary N) is 1. The Morgan fingerprint density at radius 3 is 2.68 bits per heavy atom. The molecule has 4 heteroatoms. The van der Waals surface area contributed by atoms with E-state index in [0.717, 1.165) is 37.4 Å². The molecule has 102 valence electrons. The van der Waals surface area contributed by atoms with Crippen LogP contribution < -0.4 is 5.32 Å².